The molecule has 10 nitrogen and oxygen atoms in total. The van der Waals surface area contributed by atoms with Gasteiger partial charge in [-0.05, 0) is 48.4 Å². The van der Waals surface area contributed by atoms with Gasteiger partial charge in [0.1, 0.15) is 22.9 Å². The van der Waals surface area contributed by atoms with Gasteiger partial charge in [0.2, 0.25) is 0 Å². The van der Waals surface area contributed by atoms with Crippen molar-refractivity contribution in [3.63, 3.8) is 0 Å². The third kappa shape index (κ3) is 9.16. The number of methoxy groups -OCH3 is 3. The van der Waals surface area contributed by atoms with Crippen LogP contribution in [-0.2, 0) is 16.0 Å². The van der Waals surface area contributed by atoms with Crippen LogP contribution in [0, 0.1) is 11.8 Å². The quantitative estimate of drug-likeness (QED) is 0.129. The van der Waals surface area contributed by atoms with E-state index >= 15 is 0 Å². The summed E-state index contributed by atoms with van der Waals surface area (Å²) in [5.41, 5.74) is 1.91. The lowest BCUT2D eigenvalue weighted by molar-refractivity contribution is -0.0181. The monoisotopic (exact) mass is 663 g/mol. The molecule has 2 fully saturated rings. The van der Waals surface area contributed by atoms with E-state index in [1.807, 2.05) is 36.4 Å². The Kier molecular flexibility index (Phi) is 13.3. The van der Waals surface area contributed by atoms with E-state index in [4.69, 9.17) is 18.9 Å². The van der Waals surface area contributed by atoms with Crippen molar-refractivity contribution in [2.75, 3.05) is 64.4 Å². The van der Waals surface area contributed by atoms with Gasteiger partial charge in [-0.15, -0.1) is 0 Å². The smallest absolute Gasteiger partial charge is 0.253 e. The van der Waals surface area contributed by atoms with E-state index in [2.05, 4.69) is 27.7 Å². The summed E-state index contributed by atoms with van der Waals surface area (Å²) in [6.07, 6.45) is 7.46. The number of piperidine rings is 1. The second-order valence-corrected chi connectivity index (χ2v) is 13.3. The van der Waals surface area contributed by atoms with Crippen LogP contribution in [0.15, 0.2) is 58.1 Å². The molecular weight excluding hydrogens is 610 g/mol. The van der Waals surface area contributed by atoms with Gasteiger partial charge < -0.3 is 39.6 Å². The summed E-state index contributed by atoms with van der Waals surface area (Å²) >= 11 is 0. The van der Waals surface area contributed by atoms with E-state index in [-0.39, 0.29) is 18.1 Å². The highest BCUT2D eigenvalue weighted by molar-refractivity contribution is 5.75. The van der Waals surface area contributed by atoms with Gasteiger partial charge in [-0.25, -0.2) is 0 Å². The van der Waals surface area contributed by atoms with Crippen LogP contribution in [0.25, 0.3) is 0 Å². The van der Waals surface area contributed by atoms with Crippen LogP contribution in [0.2, 0.25) is 0 Å². The third-order valence-electron chi connectivity index (χ3n) is 10.0. The van der Waals surface area contributed by atoms with Gasteiger partial charge in [0.15, 0.2) is 0 Å². The Morgan fingerprint density at radius 2 is 1.62 bits per heavy atom. The Bertz CT molecular complexity index is 1460. The van der Waals surface area contributed by atoms with E-state index in [9.17, 15) is 14.7 Å². The van der Waals surface area contributed by atoms with Crippen LogP contribution in [0.5, 0.6) is 11.5 Å². The van der Waals surface area contributed by atoms with Crippen LogP contribution in [0.1, 0.15) is 68.6 Å². The fourth-order valence-corrected chi connectivity index (χ4v) is 7.44. The van der Waals surface area contributed by atoms with Crippen molar-refractivity contribution in [1.82, 2.24) is 5.32 Å². The highest BCUT2D eigenvalue weighted by Crippen LogP contribution is 2.36. The van der Waals surface area contributed by atoms with Gasteiger partial charge in [-0.2, -0.15) is 0 Å². The molecule has 1 heterocycles. The number of aliphatic hydroxyl groups excluding tert-OH is 1. The van der Waals surface area contributed by atoms with Gasteiger partial charge >= 0.3 is 0 Å². The maximum Gasteiger partial charge on any atom is 0.253 e. The Hall–Kier alpha value is -3.44. The number of rotatable bonds is 18. The number of hydrogen-bond acceptors (Lipinski definition) is 10. The van der Waals surface area contributed by atoms with Crippen molar-refractivity contribution in [2.24, 2.45) is 11.8 Å². The number of ether oxygens (including phenoxy) is 4. The number of hydrogen-bond donors (Lipinski definition) is 3. The fourth-order valence-electron chi connectivity index (χ4n) is 7.44. The molecule has 1 aliphatic heterocycles. The van der Waals surface area contributed by atoms with E-state index in [1.165, 1.54) is 19.3 Å². The summed E-state index contributed by atoms with van der Waals surface area (Å²) in [5.74, 6) is 2.00. The SMILES string of the molecule is COCCO[C@@H](c1ccccc1)[C@@H]1CCCN(c2c(N[C@@H](CC3CCCCC3)[C@H](O)CNCc3cc(OC)cc(OC)c3)c(=O)c2=O)C1. The normalized spacial score (nSPS) is 19.2. The first kappa shape index (κ1) is 35.9. The zero-order chi connectivity index (χ0) is 33.9. The molecule has 1 saturated carbocycles. The summed E-state index contributed by atoms with van der Waals surface area (Å²) in [7, 11) is 4.90. The van der Waals surface area contributed by atoms with Gasteiger partial charge in [0.25, 0.3) is 10.9 Å². The second kappa shape index (κ2) is 17.8. The number of anilines is 2. The van der Waals surface area contributed by atoms with Crippen molar-refractivity contribution in [2.45, 2.75) is 76.2 Å². The van der Waals surface area contributed by atoms with Crippen molar-refractivity contribution in [3.05, 3.63) is 80.1 Å². The molecule has 10 heteroatoms. The zero-order valence-corrected chi connectivity index (χ0v) is 28.7. The molecule has 262 valence electrons. The predicted molar refractivity (Wildman–Crippen MR) is 189 cm³/mol. The molecule has 0 bridgehead atoms. The first-order chi connectivity index (χ1) is 23.4. The number of benzene rings is 2. The minimum atomic E-state index is -0.776. The molecule has 48 heavy (non-hydrogen) atoms. The van der Waals surface area contributed by atoms with Crippen LogP contribution < -0.4 is 35.9 Å². The van der Waals surface area contributed by atoms with E-state index in [1.54, 1.807) is 21.3 Å². The summed E-state index contributed by atoms with van der Waals surface area (Å²) in [5, 5.41) is 18.3. The summed E-state index contributed by atoms with van der Waals surface area (Å²) < 4.78 is 22.4. The number of aliphatic hydroxyl groups is 1. The van der Waals surface area contributed by atoms with Crippen molar-refractivity contribution < 1.29 is 24.1 Å². The topological polar surface area (TPSA) is 119 Å². The van der Waals surface area contributed by atoms with Gasteiger partial charge in [0.05, 0.1) is 45.7 Å². The molecule has 0 spiro atoms. The minimum absolute atomic E-state index is 0.137. The molecule has 0 aromatic heterocycles. The first-order valence-electron chi connectivity index (χ1n) is 17.5. The molecule has 3 aromatic carbocycles. The average Bonchev–Trinajstić information content (AvgIpc) is 3.13. The molecule has 5 rings (SSSR count). The van der Waals surface area contributed by atoms with Gasteiger partial charge in [-0.3, -0.25) is 9.59 Å². The van der Waals surface area contributed by atoms with Gasteiger partial charge in [-0.1, -0.05) is 62.4 Å². The second-order valence-electron chi connectivity index (χ2n) is 13.3. The highest BCUT2D eigenvalue weighted by Gasteiger charge is 2.35. The summed E-state index contributed by atoms with van der Waals surface area (Å²) in [6.45, 7) is 3.09. The van der Waals surface area contributed by atoms with E-state index in [0.29, 0.717) is 68.2 Å². The molecule has 3 aromatic rings. The largest absolute Gasteiger partial charge is 0.497 e. The molecular formula is C38H53N3O7. The Labute approximate surface area is 284 Å². The van der Waals surface area contributed by atoms with Crippen molar-refractivity contribution in [3.8, 4) is 11.5 Å². The predicted octanol–water partition coefficient (Wildman–Crippen LogP) is 4.82. The van der Waals surface area contributed by atoms with Crippen LogP contribution in [0.3, 0.4) is 0 Å². The highest BCUT2D eigenvalue weighted by atomic mass is 16.5. The standard InChI is InChI=1S/C38H53N3O7/c1-45-17-18-48-38(28-13-8-5-9-14-28)29-15-10-16-41(25-29)35-34(36(43)37(35)44)40-32(21-26-11-6-4-7-12-26)33(42)24-39-23-27-19-30(46-2)22-31(20-27)47-3/h5,8-9,13-14,19-20,22,26,29,32-33,38-40,42H,4,6-7,10-12,15-18,21,23-25H2,1-3H3/t29-,32+,33-,38+/m1/s1. The number of nitrogens with one attached hydrogen (secondary N) is 2. The molecule has 3 N–H and O–H groups in total. The van der Waals surface area contributed by atoms with E-state index < -0.39 is 17.0 Å². The van der Waals surface area contributed by atoms with Crippen molar-refractivity contribution >= 4 is 11.4 Å². The number of nitrogens with zero attached hydrogens (tertiary/aromatic N) is 1. The fraction of sp³-hybridized carbons (Fsp3) is 0.579. The molecule has 0 amide bonds. The van der Waals surface area contributed by atoms with Crippen LogP contribution >= 0.6 is 0 Å². The Morgan fingerprint density at radius 1 is 0.896 bits per heavy atom. The maximum absolute atomic E-state index is 13.2. The molecule has 0 radical (unpaired) electrons. The Balaban J connectivity index is 1.30. The van der Waals surface area contributed by atoms with E-state index in [0.717, 1.165) is 43.2 Å². The zero-order valence-electron chi connectivity index (χ0n) is 28.7. The molecule has 1 saturated heterocycles. The minimum Gasteiger partial charge on any atom is -0.497 e. The lowest BCUT2D eigenvalue weighted by Crippen LogP contribution is -2.50. The summed E-state index contributed by atoms with van der Waals surface area (Å²) in [4.78, 5) is 28.4. The summed E-state index contributed by atoms with van der Waals surface area (Å²) in [6, 6.07) is 15.5. The molecule has 4 atom stereocenters. The maximum atomic E-state index is 13.2. The van der Waals surface area contributed by atoms with Crippen LogP contribution in [0.4, 0.5) is 11.4 Å². The lowest BCUT2D eigenvalue weighted by atomic mass is 9.83. The average molecular weight is 664 g/mol. The molecule has 2 aliphatic rings. The first-order valence-corrected chi connectivity index (χ1v) is 17.5. The van der Waals surface area contributed by atoms with Gasteiger partial charge in [0, 0.05) is 45.3 Å². The molecule has 1 aliphatic carbocycles. The third-order valence-corrected chi connectivity index (χ3v) is 10.0. The Morgan fingerprint density at radius 3 is 2.31 bits per heavy atom. The van der Waals surface area contributed by atoms with Crippen molar-refractivity contribution in [1.29, 1.82) is 0 Å². The molecule has 0 unspecified atom stereocenters. The lowest BCUT2D eigenvalue weighted by Gasteiger charge is -2.40. The van der Waals surface area contributed by atoms with Crippen LogP contribution in [-0.4, -0.2) is 71.4 Å².